The lowest BCUT2D eigenvalue weighted by Gasteiger charge is -2.12. The van der Waals surface area contributed by atoms with Gasteiger partial charge in [-0.05, 0) is 95.8 Å². The Morgan fingerprint density at radius 1 is 0.490 bits per heavy atom. The van der Waals surface area contributed by atoms with Crippen molar-refractivity contribution in [2.75, 3.05) is 0 Å². The molecule has 0 bridgehead atoms. The number of hydrogen-bond donors (Lipinski definition) is 0. The second-order valence-electron chi connectivity index (χ2n) is 13.5. The highest BCUT2D eigenvalue weighted by molar-refractivity contribution is 7.20. The summed E-state index contributed by atoms with van der Waals surface area (Å²) in [5.74, 6) is 0. The summed E-state index contributed by atoms with van der Waals surface area (Å²) in [5.41, 5.74) is 13.4. The standard InChI is InChI=1S/C47H31N3S/c1-5-19-42-35(15-1)36-16-2-6-20-43(36)50(42)34-23-24-45-39(27-34)37-17-3-7-21-44(37)49(45)33-14-10-12-31(26-33)30-11-9-13-32(25-30)40-28-48-29-41-38-18-4-8-22-46(38)51-47(40)41/h1-3,5-17,19-29H,4,18H2. The van der Waals surface area contributed by atoms with Crippen LogP contribution in [0.1, 0.15) is 16.9 Å². The average molecular weight is 670 g/mol. The van der Waals surface area contributed by atoms with Gasteiger partial charge >= 0.3 is 0 Å². The van der Waals surface area contributed by atoms with Gasteiger partial charge in [-0.15, -0.1) is 11.3 Å². The van der Waals surface area contributed by atoms with E-state index in [4.69, 9.17) is 4.98 Å². The maximum atomic E-state index is 4.71. The van der Waals surface area contributed by atoms with Crippen LogP contribution >= 0.6 is 11.3 Å². The molecule has 0 unspecified atom stereocenters. The number of rotatable bonds is 4. The maximum absolute atomic E-state index is 4.71. The van der Waals surface area contributed by atoms with Crippen molar-refractivity contribution in [1.82, 2.24) is 14.1 Å². The number of pyridine rings is 1. The van der Waals surface area contributed by atoms with E-state index in [2.05, 4.69) is 167 Å². The number of hydrogen-bond acceptors (Lipinski definition) is 2. The van der Waals surface area contributed by atoms with Crippen LogP contribution in [-0.4, -0.2) is 14.1 Å². The molecule has 240 valence electrons. The quantitative estimate of drug-likeness (QED) is 0.183. The number of benzene rings is 6. The first-order valence-electron chi connectivity index (χ1n) is 17.6. The van der Waals surface area contributed by atoms with Gasteiger partial charge in [0.15, 0.2) is 0 Å². The maximum Gasteiger partial charge on any atom is 0.0542 e. The molecule has 4 heterocycles. The molecule has 0 saturated carbocycles. The van der Waals surface area contributed by atoms with Gasteiger partial charge in [0.1, 0.15) is 0 Å². The average Bonchev–Trinajstić information content (AvgIpc) is 3.86. The van der Waals surface area contributed by atoms with Crippen molar-refractivity contribution in [3.63, 3.8) is 0 Å². The molecule has 4 heteroatoms. The van der Waals surface area contributed by atoms with Crippen LogP contribution in [0.15, 0.2) is 158 Å². The van der Waals surface area contributed by atoms with Gasteiger partial charge in [0.2, 0.25) is 0 Å². The number of thiophene rings is 1. The van der Waals surface area contributed by atoms with Crippen molar-refractivity contribution in [3.05, 3.63) is 168 Å². The van der Waals surface area contributed by atoms with Gasteiger partial charge in [0, 0.05) is 65.8 Å². The van der Waals surface area contributed by atoms with Gasteiger partial charge in [0.05, 0.1) is 22.1 Å². The molecule has 0 atom stereocenters. The lowest BCUT2D eigenvalue weighted by molar-refractivity contribution is 1.00. The van der Waals surface area contributed by atoms with E-state index >= 15 is 0 Å². The summed E-state index contributed by atoms with van der Waals surface area (Å²) < 4.78 is 6.15. The summed E-state index contributed by atoms with van der Waals surface area (Å²) in [4.78, 5) is 6.09. The molecule has 0 saturated heterocycles. The Bertz CT molecular complexity index is 2990. The minimum Gasteiger partial charge on any atom is -0.309 e. The predicted molar refractivity (Wildman–Crippen MR) is 217 cm³/mol. The van der Waals surface area contributed by atoms with Crippen LogP contribution in [0.25, 0.3) is 93.4 Å². The van der Waals surface area contributed by atoms with Crippen molar-refractivity contribution < 1.29 is 0 Å². The molecule has 0 fully saturated rings. The van der Waals surface area contributed by atoms with E-state index in [1.807, 2.05) is 17.5 Å². The first-order chi connectivity index (χ1) is 25.3. The molecular weight excluding hydrogens is 639 g/mol. The molecule has 10 aromatic rings. The Morgan fingerprint density at radius 3 is 1.84 bits per heavy atom. The normalized spacial score (nSPS) is 12.9. The third kappa shape index (κ3) is 4.33. The number of allylic oxidation sites excluding steroid dienone is 1. The molecule has 1 aliphatic rings. The largest absolute Gasteiger partial charge is 0.309 e. The number of para-hydroxylation sites is 3. The molecule has 11 rings (SSSR count). The van der Waals surface area contributed by atoms with Gasteiger partial charge in [-0.3, -0.25) is 4.98 Å². The highest BCUT2D eigenvalue weighted by atomic mass is 32.1. The lowest BCUT2D eigenvalue weighted by Crippen LogP contribution is -1.96. The van der Waals surface area contributed by atoms with Gasteiger partial charge in [-0.1, -0.05) is 91.0 Å². The van der Waals surface area contributed by atoms with Crippen molar-refractivity contribution in [2.24, 2.45) is 0 Å². The van der Waals surface area contributed by atoms with Crippen LogP contribution in [0.5, 0.6) is 0 Å². The van der Waals surface area contributed by atoms with Crippen LogP contribution in [0.4, 0.5) is 0 Å². The van der Waals surface area contributed by atoms with Gasteiger partial charge < -0.3 is 9.13 Å². The van der Waals surface area contributed by atoms with Crippen molar-refractivity contribution in [3.8, 4) is 33.6 Å². The van der Waals surface area contributed by atoms with Gasteiger partial charge in [-0.25, -0.2) is 0 Å². The van der Waals surface area contributed by atoms with E-state index in [-0.39, 0.29) is 0 Å². The first kappa shape index (κ1) is 28.6. The number of aromatic nitrogens is 3. The Kier molecular flexibility index (Phi) is 6.25. The van der Waals surface area contributed by atoms with E-state index in [9.17, 15) is 0 Å². The van der Waals surface area contributed by atoms with Crippen LogP contribution in [0.2, 0.25) is 0 Å². The van der Waals surface area contributed by atoms with E-state index in [1.54, 1.807) is 0 Å². The fraction of sp³-hybridized carbons (Fsp3) is 0.0426. The second kappa shape index (κ2) is 11.1. The Morgan fingerprint density at radius 2 is 1.10 bits per heavy atom. The highest BCUT2D eigenvalue weighted by Gasteiger charge is 2.18. The summed E-state index contributed by atoms with van der Waals surface area (Å²) in [5, 5.41) is 6.34. The number of fused-ring (bicyclic) bond motifs is 9. The lowest BCUT2D eigenvalue weighted by atomic mass is 9.97. The fourth-order valence-corrected chi connectivity index (χ4v) is 9.65. The van der Waals surface area contributed by atoms with Crippen molar-refractivity contribution in [1.29, 1.82) is 0 Å². The Balaban J connectivity index is 1.05. The monoisotopic (exact) mass is 669 g/mol. The molecule has 0 amide bonds. The zero-order valence-electron chi connectivity index (χ0n) is 27.8. The van der Waals surface area contributed by atoms with Crippen LogP contribution in [0, 0.1) is 0 Å². The molecule has 51 heavy (non-hydrogen) atoms. The summed E-state index contributed by atoms with van der Waals surface area (Å²) in [6, 6.07) is 51.1. The third-order valence-corrected chi connectivity index (χ3v) is 11.9. The minimum absolute atomic E-state index is 1.09. The fourth-order valence-electron chi connectivity index (χ4n) is 8.36. The summed E-state index contributed by atoms with van der Waals surface area (Å²) in [6.45, 7) is 0. The molecule has 4 aromatic heterocycles. The summed E-state index contributed by atoms with van der Waals surface area (Å²) >= 11 is 1.89. The van der Waals surface area contributed by atoms with E-state index in [0.29, 0.717) is 0 Å². The van der Waals surface area contributed by atoms with Crippen molar-refractivity contribution >= 4 is 71.1 Å². The highest BCUT2D eigenvalue weighted by Crippen LogP contribution is 2.42. The molecule has 3 nitrogen and oxygen atoms in total. The van der Waals surface area contributed by atoms with E-state index in [0.717, 1.165) is 18.5 Å². The zero-order valence-corrected chi connectivity index (χ0v) is 28.6. The third-order valence-electron chi connectivity index (χ3n) is 10.7. The van der Waals surface area contributed by atoms with E-state index < -0.39 is 0 Å². The molecule has 0 N–H and O–H groups in total. The molecule has 0 radical (unpaired) electrons. The molecule has 0 aliphatic heterocycles. The molecule has 0 spiro atoms. The topological polar surface area (TPSA) is 22.8 Å². The van der Waals surface area contributed by atoms with Gasteiger partial charge in [-0.2, -0.15) is 0 Å². The number of nitrogens with zero attached hydrogens (tertiary/aromatic N) is 3. The summed E-state index contributed by atoms with van der Waals surface area (Å²) in [6.07, 6.45) is 10.9. The zero-order chi connectivity index (χ0) is 33.5. The van der Waals surface area contributed by atoms with Gasteiger partial charge in [0.25, 0.3) is 0 Å². The van der Waals surface area contributed by atoms with Crippen LogP contribution in [0.3, 0.4) is 0 Å². The van der Waals surface area contributed by atoms with Crippen LogP contribution in [-0.2, 0) is 6.42 Å². The van der Waals surface area contributed by atoms with Crippen LogP contribution < -0.4 is 0 Å². The second-order valence-corrected chi connectivity index (χ2v) is 14.6. The summed E-state index contributed by atoms with van der Waals surface area (Å²) in [7, 11) is 0. The van der Waals surface area contributed by atoms with Crippen molar-refractivity contribution in [2.45, 2.75) is 12.8 Å². The molecular formula is C47H31N3S. The smallest absolute Gasteiger partial charge is 0.0542 e. The predicted octanol–water partition coefficient (Wildman–Crippen LogP) is 12.8. The Labute approximate surface area is 299 Å². The minimum atomic E-state index is 1.09. The molecule has 6 aromatic carbocycles. The molecule has 1 aliphatic carbocycles. The SMILES string of the molecule is C1=Cc2sc3c(-c4cccc(-c5cccc(-n6c7ccccc7c7cc(-n8c9ccccc9c9ccccc98)ccc76)c5)c4)cncc3c2CC1. The number of aryl methyl sites for hydroxylation is 1. The van der Waals surface area contributed by atoms with E-state index in [1.165, 1.54) is 92.1 Å². The Hall–Kier alpha value is -6.23. The first-order valence-corrected chi connectivity index (χ1v) is 18.4.